The Morgan fingerprint density at radius 3 is 2.46 bits per heavy atom. The highest BCUT2D eigenvalue weighted by Crippen LogP contribution is 2.03. The Morgan fingerprint density at radius 1 is 1.54 bits per heavy atom. The van der Waals surface area contributed by atoms with Crippen molar-refractivity contribution in [1.29, 1.82) is 0 Å². The zero-order valence-electron chi connectivity index (χ0n) is 8.70. The predicted molar refractivity (Wildman–Crippen MR) is 51.2 cm³/mol. The summed E-state index contributed by atoms with van der Waals surface area (Å²) >= 11 is 0. The molecule has 0 aromatic rings. The van der Waals surface area contributed by atoms with Crippen LogP contribution in [0.1, 0.15) is 27.7 Å². The van der Waals surface area contributed by atoms with E-state index >= 15 is 0 Å². The molecule has 0 saturated carbocycles. The summed E-state index contributed by atoms with van der Waals surface area (Å²) < 4.78 is 4.86. The molecule has 1 atom stereocenters. The fourth-order valence-electron chi connectivity index (χ4n) is 0.585. The first kappa shape index (κ1) is 12.2. The van der Waals surface area contributed by atoms with E-state index in [1.165, 1.54) is 0 Å². The highest BCUT2D eigenvalue weighted by Gasteiger charge is 2.12. The van der Waals surface area contributed by atoms with Crippen molar-refractivity contribution in [1.82, 2.24) is 0 Å². The Hall–Kier alpha value is -0.830. The van der Waals surface area contributed by atoms with Gasteiger partial charge in [0.25, 0.3) is 0 Å². The number of aliphatic hydroxyl groups is 1. The van der Waals surface area contributed by atoms with Crippen LogP contribution in [0.25, 0.3) is 0 Å². The number of ether oxygens (including phenoxy) is 1. The van der Waals surface area contributed by atoms with Crippen LogP contribution in [-0.4, -0.2) is 23.8 Å². The topological polar surface area (TPSA) is 46.5 Å². The van der Waals surface area contributed by atoms with Crippen molar-refractivity contribution in [3.05, 3.63) is 11.6 Å². The molecule has 0 aliphatic carbocycles. The standard InChI is InChI=1S/C10H18O3/c1-5-8(4)10(12)13-6-9(11)7(2)3/h5,7,9,11H,6H2,1-4H3. The van der Waals surface area contributed by atoms with Crippen LogP contribution in [0.3, 0.4) is 0 Å². The van der Waals surface area contributed by atoms with E-state index in [0.29, 0.717) is 5.57 Å². The maximum atomic E-state index is 11.1. The van der Waals surface area contributed by atoms with Gasteiger partial charge in [-0.25, -0.2) is 4.79 Å². The van der Waals surface area contributed by atoms with Crippen LogP contribution in [0.2, 0.25) is 0 Å². The molecule has 0 aromatic carbocycles. The second-order valence-electron chi connectivity index (χ2n) is 3.38. The van der Waals surface area contributed by atoms with E-state index in [4.69, 9.17) is 4.74 Å². The molecule has 0 spiro atoms. The van der Waals surface area contributed by atoms with E-state index in [0.717, 1.165) is 0 Å². The third-order valence-corrected chi connectivity index (χ3v) is 1.91. The third-order valence-electron chi connectivity index (χ3n) is 1.91. The van der Waals surface area contributed by atoms with Gasteiger partial charge in [0.15, 0.2) is 0 Å². The van der Waals surface area contributed by atoms with Gasteiger partial charge in [-0.1, -0.05) is 19.9 Å². The second-order valence-corrected chi connectivity index (χ2v) is 3.38. The molecule has 0 saturated heterocycles. The Labute approximate surface area is 79.4 Å². The minimum Gasteiger partial charge on any atom is -0.460 e. The van der Waals surface area contributed by atoms with Crippen molar-refractivity contribution in [3.63, 3.8) is 0 Å². The zero-order chi connectivity index (χ0) is 10.4. The van der Waals surface area contributed by atoms with Crippen LogP contribution in [-0.2, 0) is 9.53 Å². The van der Waals surface area contributed by atoms with Crippen LogP contribution >= 0.6 is 0 Å². The molecular formula is C10H18O3. The number of carbonyl (C=O) groups excluding carboxylic acids is 1. The van der Waals surface area contributed by atoms with Gasteiger partial charge in [-0.15, -0.1) is 0 Å². The molecule has 76 valence electrons. The Morgan fingerprint density at radius 2 is 2.08 bits per heavy atom. The van der Waals surface area contributed by atoms with Crippen LogP contribution in [0, 0.1) is 5.92 Å². The maximum absolute atomic E-state index is 11.1. The van der Waals surface area contributed by atoms with Crippen molar-refractivity contribution >= 4 is 5.97 Å². The molecule has 1 unspecified atom stereocenters. The van der Waals surface area contributed by atoms with Gasteiger partial charge in [-0.05, 0) is 19.8 Å². The van der Waals surface area contributed by atoms with E-state index in [9.17, 15) is 9.90 Å². The van der Waals surface area contributed by atoms with Gasteiger partial charge in [0, 0.05) is 5.57 Å². The van der Waals surface area contributed by atoms with Gasteiger partial charge in [0.2, 0.25) is 0 Å². The summed E-state index contributed by atoms with van der Waals surface area (Å²) in [6, 6.07) is 0. The summed E-state index contributed by atoms with van der Waals surface area (Å²) in [5.41, 5.74) is 0.566. The Balaban J connectivity index is 3.84. The SMILES string of the molecule is CC=C(C)C(=O)OCC(O)C(C)C. The number of rotatable bonds is 4. The lowest BCUT2D eigenvalue weighted by molar-refractivity contribution is -0.142. The Kier molecular flexibility index (Phi) is 5.39. The molecule has 0 aliphatic rings. The smallest absolute Gasteiger partial charge is 0.333 e. The van der Waals surface area contributed by atoms with E-state index in [2.05, 4.69) is 0 Å². The monoisotopic (exact) mass is 186 g/mol. The summed E-state index contributed by atoms with van der Waals surface area (Å²) in [6.45, 7) is 7.28. The van der Waals surface area contributed by atoms with Crippen LogP contribution < -0.4 is 0 Å². The molecule has 0 fully saturated rings. The first-order chi connectivity index (χ1) is 5.99. The van der Waals surface area contributed by atoms with E-state index < -0.39 is 6.10 Å². The van der Waals surface area contributed by atoms with Gasteiger partial charge in [0.1, 0.15) is 6.61 Å². The molecule has 13 heavy (non-hydrogen) atoms. The maximum Gasteiger partial charge on any atom is 0.333 e. The third kappa shape index (κ3) is 4.68. The lowest BCUT2D eigenvalue weighted by atomic mass is 10.1. The number of carbonyl (C=O) groups is 1. The highest BCUT2D eigenvalue weighted by atomic mass is 16.5. The number of allylic oxidation sites excluding steroid dienone is 1. The number of hydrogen-bond acceptors (Lipinski definition) is 3. The van der Waals surface area contributed by atoms with Crippen molar-refractivity contribution in [2.75, 3.05) is 6.61 Å². The summed E-state index contributed by atoms with van der Waals surface area (Å²) in [5.74, 6) is -0.249. The highest BCUT2D eigenvalue weighted by molar-refractivity contribution is 5.87. The average Bonchev–Trinajstić information content (AvgIpc) is 2.11. The van der Waals surface area contributed by atoms with Crippen LogP contribution in [0.5, 0.6) is 0 Å². The van der Waals surface area contributed by atoms with Crippen molar-refractivity contribution < 1.29 is 14.6 Å². The molecular weight excluding hydrogens is 168 g/mol. The number of hydrogen-bond donors (Lipinski definition) is 1. The molecule has 3 heteroatoms. The van der Waals surface area contributed by atoms with Gasteiger partial charge in [-0.3, -0.25) is 0 Å². The van der Waals surface area contributed by atoms with E-state index in [-0.39, 0.29) is 18.5 Å². The predicted octanol–water partition coefficient (Wildman–Crippen LogP) is 1.51. The molecule has 0 amide bonds. The quantitative estimate of drug-likeness (QED) is 0.534. The van der Waals surface area contributed by atoms with E-state index in [1.54, 1.807) is 19.9 Å². The second kappa shape index (κ2) is 5.75. The van der Waals surface area contributed by atoms with Crippen molar-refractivity contribution in [2.24, 2.45) is 5.92 Å². The molecule has 0 bridgehead atoms. The minimum absolute atomic E-state index is 0.0711. The molecule has 0 heterocycles. The summed E-state index contributed by atoms with van der Waals surface area (Å²) in [5, 5.41) is 9.33. The van der Waals surface area contributed by atoms with Crippen molar-refractivity contribution in [3.8, 4) is 0 Å². The van der Waals surface area contributed by atoms with Crippen LogP contribution in [0.15, 0.2) is 11.6 Å². The minimum atomic E-state index is -0.575. The first-order valence-corrected chi connectivity index (χ1v) is 4.47. The largest absolute Gasteiger partial charge is 0.460 e. The number of esters is 1. The molecule has 0 aliphatic heterocycles. The van der Waals surface area contributed by atoms with Crippen molar-refractivity contribution in [2.45, 2.75) is 33.8 Å². The molecule has 3 nitrogen and oxygen atoms in total. The molecule has 0 radical (unpaired) electrons. The summed E-state index contributed by atoms with van der Waals surface area (Å²) in [7, 11) is 0. The molecule has 1 N–H and O–H groups in total. The Bertz CT molecular complexity index is 194. The summed E-state index contributed by atoms with van der Waals surface area (Å²) in [6.07, 6.45) is 1.11. The fourth-order valence-corrected chi connectivity index (χ4v) is 0.585. The lowest BCUT2D eigenvalue weighted by Gasteiger charge is -2.14. The van der Waals surface area contributed by atoms with E-state index in [1.807, 2.05) is 13.8 Å². The normalized spacial score (nSPS) is 14.5. The first-order valence-electron chi connectivity index (χ1n) is 4.47. The number of aliphatic hydroxyl groups excluding tert-OH is 1. The lowest BCUT2D eigenvalue weighted by Crippen LogP contribution is -2.23. The van der Waals surface area contributed by atoms with Gasteiger partial charge in [0.05, 0.1) is 6.10 Å². The fraction of sp³-hybridized carbons (Fsp3) is 0.700. The van der Waals surface area contributed by atoms with Crippen LogP contribution in [0.4, 0.5) is 0 Å². The van der Waals surface area contributed by atoms with Gasteiger partial charge < -0.3 is 9.84 Å². The zero-order valence-corrected chi connectivity index (χ0v) is 8.70. The van der Waals surface area contributed by atoms with Gasteiger partial charge in [-0.2, -0.15) is 0 Å². The molecule has 0 rings (SSSR count). The average molecular weight is 186 g/mol. The summed E-state index contributed by atoms with van der Waals surface area (Å²) in [4.78, 5) is 11.1. The molecule has 0 aromatic heterocycles. The van der Waals surface area contributed by atoms with Gasteiger partial charge >= 0.3 is 5.97 Å².